The Morgan fingerprint density at radius 1 is 1.33 bits per heavy atom. The number of aryl methyl sites for hydroxylation is 1. The van der Waals surface area contributed by atoms with E-state index in [-0.39, 0.29) is 11.6 Å². The number of nitrogens with zero attached hydrogens (tertiary/aromatic N) is 2. The summed E-state index contributed by atoms with van der Waals surface area (Å²) in [4.78, 5) is 25.0. The molecule has 0 radical (unpaired) electrons. The van der Waals surface area contributed by atoms with Crippen LogP contribution in [0.2, 0.25) is 0 Å². The van der Waals surface area contributed by atoms with Gasteiger partial charge in [0.05, 0.1) is 4.92 Å². The Balaban J connectivity index is 1.84. The van der Waals surface area contributed by atoms with Crippen molar-refractivity contribution in [2.75, 3.05) is 13.1 Å². The molecule has 2 aliphatic heterocycles. The second-order valence-corrected chi connectivity index (χ2v) is 5.93. The maximum atomic E-state index is 12.7. The number of likely N-dealkylation sites (tertiary alicyclic amines) is 1. The van der Waals surface area contributed by atoms with Gasteiger partial charge in [-0.15, -0.1) is 0 Å². The summed E-state index contributed by atoms with van der Waals surface area (Å²) in [5.74, 6) is -0.0921. The molecule has 0 spiro atoms. The molecule has 1 aromatic carbocycles. The minimum absolute atomic E-state index is 0.0292. The van der Waals surface area contributed by atoms with Gasteiger partial charge < -0.3 is 10.2 Å². The van der Waals surface area contributed by atoms with Crippen LogP contribution in [0, 0.1) is 17.0 Å². The molecule has 21 heavy (non-hydrogen) atoms. The van der Waals surface area contributed by atoms with E-state index in [1.54, 1.807) is 6.07 Å². The lowest BCUT2D eigenvalue weighted by Gasteiger charge is -2.25. The highest BCUT2D eigenvalue weighted by molar-refractivity contribution is 5.96. The van der Waals surface area contributed by atoms with Crippen molar-refractivity contribution in [2.24, 2.45) is 0 Å². The molecule has 2 heterocycles. The van der Waals surface area contributed by atoms with Crippen LogP contribution in [0.15, 0.2) is 18.2 Å². The van der Waals surface area contributed by atoms with Crippen molar-refractivity contribution in [1.82, 2.24) is 10.2 Å². The van der Waals surface area contributed by atoms with E-state index >= 15 is 0 Å². The number of nitro groups is 1. The Bertz CT molecular complexity index is 588. The van der Waals surface area contributed by atoms with E-state index in [0.29, 0.717) is 24.2 Å². The van der Waals surface area contributed by atoms with E-state index < -0.39 is 4.92 Å². The number of hydrogen-bond acceptors (Lipinski definition) is 4. The number of amides is 1. The van der Waals surface area contributed by atoms with E-state index in [2.05, 4.69) is 5.32 Å². The van der Waals surface area contributed by atoms with Gasteiger partial charge in [0.1, 0.15) is 0 Å². The number of nitrogens with one attached hydrogen (secondary N) is 1. The fourth-order valence-electron chi connectivity index (χ4n) is 3.25. The van der Waals surface area contributed by atoms with E-state index in [1.165, 1.54) is 18.6 Å². The molecule has 1 amide bonds. The van der Waals surface area contributed by atoms with Gasteiger partial charge in [0, 0.05) is 42.9 Å². The first-order valence-corrected chi connectivity index (χ1v) is 7.35. The normalized spacial score (nSPS) is 24.7. The highest BCUT2D eigenvalue weighted by atomic mass is 16.6. The summed E-state index contributed by atoms with van der Waals surface area (Å²) in [5.41, 5.74) is 1.20. The first kappa shape index (κ1) is 14.0. The fraction of sp³-hybridized carbons (Fsp3) is 0.533. The lowest BCUT2D eigenvalue weighted by molar-refractivity contribution is -0.384. The van der Waals surface area contributed by atoms with Crippen molar-refractivity contribution in [3.63, 3.8) is 0 Å². The average Bonchev–Trinajstić information content (AvgIpc) is 2.78. The van der Waals surface area contributed by atoms with Crippen LogP contribution in [0.1, 0.15) is 35.2 Å². The molecule has 112 valence electrons. The van der Waals surface area contributed by atoms with Crippen molar-refractivity contribution < 1.29 is 9.72 Å². The third-order valence-corrected chi connectivity index (χ3v) is 4.47. The van der Waals surface area contributed by atoms with E-state index in [1.807, 2.05) is 11.8 Å². The van der Waals surface area contributed by atoms with E-state index in [0.717, 1.165) is 24.9 Å². The molecule has 6 heteroatoms. The topological polar surface area (TPSA) is 75.5 Å². The second-order valence-electron chi connectivity index (χ2n) is 5.93. The van der Waals surface area contributed by atoms with Crippen LogP contribution in [0.5, 0.6) is 0 Å². The Morgan fingerprint density at radius 2 is 2.10 bits per heavy atom. The average molecular weight is 289 g/mol. The van der Waals surface area contributed by atoms with E-state index in [9.17, 15) is 14.9 Å². The molecule has 2 saturated heterocycles. The molecular formula is C15H19N3O3. The highest BCUT2D eigenvalue weighted by Gasteiger charge is 2.32. The number of hydrogen-bond donors (Lipinski definition) is 1. The quantitative estimate of drug-likeness (QED) is 0.666. The molecule has 0 saturated carbocycles. The third-order valence-electron chi connectivity index (χ3n) is 4.47. The Kier molecular flexibility index (Phi) is 3.63. The lowest BCUT2D eigenvalue weighted by atomic mass is 10.0. The monoisotopic (exact) mass is 289 g/mol. The standard InChI is InChI=1S/C15H19N3O3/c1-10-2-5-13(18(20)21)8-14(10)15(19)17-7-6-11-3-4-12(9-17)16-11/h2,5,8,11-12,16H,3-4,6-7,9H2,1H3. The molecule has 6 nitrogen and oxygen atoms in total. The van der Waals surface area contributed by atoms with Crippen molar-refractivity contribution in [3.8, 4) is 0 Å². The maximum absolute atomic E-state index is 12.7. The number of carbonyl (C=O) groups excluding carboxylic acids is 1. The minimum Gasteiger partial charge on any atom is -0.337 e. The number of fused-ring (bicyclic) bond motifs is 2. The molecule has 2 bridgehead atoms. The molecule has 0 aromatic heterocycles. The SMILES string of the molecule is Cc1ccc([N+](=O)[O-])cc1C(=O)N1CCC2CCC(C1)N2. The Labute approximate surface area is 123 Å². The maximum Gasteiger partial charge on any atom is 0.270 e. The second kappa shape index (κ2) is 5.44. The van der Waals surface area contributed by atoms with Crippen LogP contribution in [0.25, 0.3) is 0 Å². The zero-order chi connectivity index (χ0) is 15.0. The predicted octanol–water partition coefficient (Wildman–Crippen LogP) is 1.87. The predicted molar refractivity (Wildman–Crippen MR) is 78.3 cm³/mol. The van der Waals surface area contributed by atoms with Crippen LogP contribution >= 0.6 is 0 Å². The molecular weight excluding hydrogens is 270 g/mol. The van der Waals surface area contributed by atoms with Crippen molar-refractivity contribution in [3.05, 3.63) is 39.4 Å². The summed E-state index contributed by atoms with van der Waals surface area (Å²) >= 11 is 0. The lowest BCUT2D eigenvalue weighted by Crippen LogP contribution is -2.39. The molecule has 1 aromatic rings. The van der Waals surface area contributed by atoms with Crippen LogP contribution < -0.4 is 5.32 Å². The molecule has 2 fully saturated rings. The van der Waals surface area contributed by atoms with Gasteiger partial charge in [0.15, 0.2) is 0 Å². The van der Waals surface area contributed by atoms with Gasteiger partial charge in [-0.2, -0.15) is 0 Å². The summed E-state index contributed by atoms with van der Waals surface area (Å²) < 4.78 is 0. The van der Waals surface area contributed by atoms with Gasteiger partial charge in [0.25, 0.3) is 11.6 Å². The van der Waals surface area contributed by atoms with E-state index in [4.69, 9.17) is 0 Å². The summed E-state index contributed by atoms with van der Waals surface area (Å²) in [6.07, 6.45) is 3.24. The molecule has 2 atom stereocenters. The third kappa shape index (κ3) is 2.76. The number of nitro benzene ring substituents is 1. The summed E-state index contributed by atoms with van der Waals surface area (Å²) in [6, 6.07) is 5.36. The van der Waals surface area contributed by atoms with Crippen LogP contribution in [-0.4, -0.2) is 40.9 Å². The van der Waals surface area contributed by atoms with Gasteiger partial charge in [-0.3, -0.25) is 14.9 Å². The fourth-order valence-corrected chi connectivity index (χ4v) is 3.25. The van der Waals surface area contributed by atoms with Crippen molar-refractivity contribution >= 4 is 11.6 Å². The van der Waals surface area contributed by atoms with Gasteiger partial charge >= 0.3 is 0 Å². The van der Waals surface area contributed by atoms with Crippen molar-refractivity contribution in [1.29, 1.82) is 0 Å². The smallest absolute Gasteiger partial charge is 0.270 e. The number of benzene rings is 1. The zero-order valence-electron chi connectivity index (χ0n) is 12.0. The Hall–Kier alpha value is -1.95. The first-order valence-electron chi connectivity index (χ1n) is 7.35. The Morgan fingerprint density at radius 3 is 2.86 bits per heavy atom. The molecule has 3 rings (SSSR count). The molecule has 2 aliphatic rings. The molecule has 2 unspecified atom stereocenters. The zero-order valence-corrected chi connectivity index (χ0v) is 12.0. The van der Waals surface area contributed by atoms with Gasteiger partial charge in [-0.1, -0.05) is 6.07 Å². The minimum atomic E-state index is -0.456. The first-order chi connectivity index (χ1) is 10.0. The van der Waals surface area contributed by atoms with Gasteiger partial charge in [-0.25, -0.2) is 0 Å². The molecule has 0 aliphatic carbocycles. The summed E-state index contributed by atoms with van der Waals surface area (Å²) in [6.45, 7) is 3.23. The summed E-state index contributed by atoms with van der Waals surface area (Å²) in [5, 5.41) is 14.4. The van der Waals surface area contributed by atoms with Crippen LogP contribution in [-0.2, 0) is 0 Å². The number of carbonyl (C=O) groups is 1. The highest BCUT2D eigenvalue weighted by Crippen LogP contribution is 2.24. The van der Waals surface area contributed by atoms with Crippen molar-refractivity contribution in [2.45, 2.75) is 38.3 Å². The van der Waals surface area contributed by atoms with Gasteiger partial charge in [0.2, 0.25) is 0 Å². The van der Waals surface area contributed by atoms with Gasteiger partial charge in [-0.05, 0) is 31.7 Å². The molecule has 1 N–H and O–H groups in total. The largest absolute Gasteiger partial charge is 0.337 e. The number of non-ortho nitro benzene ring substituents is 1. The van der Waals surface area contributed by atoms with Crippen LogP contribution in [0.3, 0.4) is 0 Å². The number of rotatable bonds is 2. The van der Waals surface area contributed by atoms with Crippen LogP contribution in [0.4, 0.5) is 5.69 Å². The summed E-state index contributed by atoms with van der Waals surface area (Å²) in [7, 11) is 0.